The van der Waals surface area contributed by atoms with Gasteiger partial charge in [-0.2, -0.15) is 11.8 Å². The van der Waals surface area contributed by atoms with E-state index in [9.17, 15) is 14.4 Å². The van der Waals surface area contributed by atoms with E-state index in [2.05, 4.69) is 46.7 Å². The Hall–Kier alpha value is -1.28. The van der Waals surface area contributed by atoms with Crippen LogP contribution in [0.5, 0.6) is 0 Å². The van der Waals surface area contributed by atoms with E-state index < -0.39 is 0 Å². The van der Waals surface area contributed by atoms with Crippen LogP contribution in [0.4, 0.5) is 0 Å². The van der Waals surface area contributed by atoms with Crippen molar-refractivity contribution in [2.45, 2.75) is 265 Å². The van der Waals surface area contributed by atoms with E-state index in [0.717, 1.165) is 114 Å². The Labute approximate surface area is 371 Å². The highest BCUT2D eigenvalue weighted by molar-refractivity contribution is 7.99. The molecule has 1 unspecified atom stereocenters. The molecule has 0 spiro atoms. The van der Waals surface area contributed by atoms with E-state index in [1.54, 1.807) is 0 Å². The van der Waals surface area contributed by atoms with Gasteiger partial charge in [-0.05, 0) is 110 Å². The molecule has 0 aromatic rings. The lowest BCUT2D eigenvalue weighted by atomic mass is 10.0. The van der Waals surface area contributed by atoms with Crippen LogP contribution in [0.15, 0.2) is 0 Å². The predicted octanol–water partition coefficient (Wildman–Crippen LogP) is 15.0. The topological polar surface area (TPSA) is 82.1 Å². The lowest BCUT2D eigenvalue weighted by Crippen LogP contribution is -2.25. The van der Waals surface area contributed by atoms with Gasteiger partial charge in [-0.15, -0.1) is 0 Å². The SMILES string of the molecule is CCCCCCC(CCCCCC)OC(=O)CCCCCCCCOC(=O)C(CCN(C)C)CSCCCCCCCCC(=O)OC(CCCCCC)CCCCCC. The van der Waals surface area contributed by atoms with Gasteiger partial charge in [-0.25, -0.2) is 0 Å². The fraction of sp³-hybridized carbons (Fsp3) is 0.941. The number of carbonyl (C=O) groups excluding carboxylic acids is 3. The number of thioether (sulfide) groups is 1. The van der Waals surface area contributed by atoms with E-state index in [-0.39, 0.29) is 36.0 Å². The summed E-state index contributed by atoms with van der Waals surface area (Å²) in [5.41, 5.74) is 0. The van der Waals surface area contributed by atoms with Gasteiger partial charge in [0.1, 0.15) is 12.2 Å². The van der Waals surface area contributed by atoms with Crippen LogP contribution < -0.4 is 0 Å². The molecule has 0 aliphatic heterocycles. The molecule has 0 bridgehead atoms. The molecule has 0 heterocycles. The number of ether oxygens (including phenoxy) is 3. The average Bonchev–Trinajstić information content (AvgIpc) is 3.21. The van der Waals surface area contributed by atoms with E-state index in [4.69, 9.17) is 14.2 Å². The number of carbonyl (C=O) groups is 3. The zero-order valence-electron chi connectivity index (χ0n) is 40.1. The third kappa shape index (κ3) is 40.5. The van der Waals surface area contributed by atoms with Gasteiger partial charge in [0, 0.05) is 18.6 Å². The molecule has 8 heteroatoms. The number of esters is 3. The third-order valence-electron chi connectivity index (χ3n) is 11.6. The highest BCUT2D eigenvalue weighted by Gasteiger charge is 2.20. The number of unbranched alkanes of at least 4 members (excludes halogenated alkanes) is 22. The van der Waals surface area contributed by atoms with Crippen LogP contribution in [0.1, 0.15) is 252 Å². The maximum Gasteiger partial charge on any atom is 0.309 e. The van der Waals surface area contributed by atoms with Crippen molar-refractivity contribution < 1.29 is 28.6 Å². The first-order chi connectivity index (χ1) is 28.8. The smallest absolute Gasteiger partial charge is 0.309 e. The Morgan fingerprint density at radius 1 is 0.458 bits per heavy atom. The summed E-state index contributed by atoms with van der Waals surface area (Å²) in [6.07, 6.45) is 38.7. The molecular weight excluding hydrogens is 755 g/mol. The monoisotopic (exact) mass is 854 g/mol. The van der Waals surface area contributed by atoms with Crippen LogP contribution in [0.2, 0.25) is 0 Å². The molecule has 7 nitrogen and oxygen atoms in total. The van der Waals surface area contributed by atoms with Crippen molar-refractivity contribution in [3.63, 3.8) is 0 Å². The molecule has 0 fully saturated rings. The molecule has 0 amide bonds. The highest BCUT2D eigenvalue weighted by Crippen LogP contribution is 2.21. The second-order valence-electron chi connectivity index (χ2n) is 17.9. The average molecular weight is 854 g/mol. The second-order valence-corrected chi connectivity index (χ2v) is 19.0. The lowest BCUT2D eigenvalue weighted by Gasteiger charge is -2.18. The molecular formula is C51H99NO6S. The maximum atomic E-state index is 13.0. The first-order valence-corrected chi connectivity index (χ1v) is 26.7. The van der Waals surface area contributed by atoms with Crippen LogP contribution in [-0.4, -0.2) is 73.8 Å². The van der Waals surface area contributed by atoms with Crippen LogP contribution in [0.25, 0.3) is 0 Å². The van der Waals surface area contributed by atoms with Crippen molar-refractivity contribution >= 4 is 29.7 Å². The summed E-state index contributed by atoms with van der Waals surface area (Å²) >= 11 is 1.89. The number of hydrogen-bond donors (Lipinski definition) is 0. The van der Waals surface area contributed by atoms with Crippen molar-refractivity contribution in [3.8, 4) is 0 Å². The predicted molar refractivity (Wildman–Crippen MR) is 254 cm³/mol. The fourth-order valence-electron chi connectivity index (χ4n) is 7.67. The quantitative estimate of drug-likeness (QED) is 0.0340. The molecule has 0 aromatic carbocycles. The molecule has 1 atom stereocenters. The molecule has 0 rings (SSSR count). The second kappa shape index (κ2) is 44.8. The van der Waals surface area contributed by atoms with Gasteiger partial charge >= 0.3 is 17.9 Å². The fourth-order valence-corrected chi connectivity index (χ4v) is 8.83. The molecule has 0 radical (unpaired) electrons. The zero-order chi connectivity index (χ0) is 43.4. The minimum absolute atomic E-state index is 0.00604. The number of hydrogen-bond acceptors (Lipinski definition) is 8. The van der Waals surface area contributed by atoms with E-state index >= 15 is 0 Å². The summed E-state index contributed by atoms with van der Waals surface area (Å²) in [5, 5.41) is 0. The van der Waals surface area contributed by atoms with Crippen LogP contribution >= 0.6 is 11.8 Å². The lowest BCUT2D eigenvalue weighted by molar-refractivity contribution is -0.151. The van der Waals surface area contributed by atoms with Gasteiger partial charge in [0.2, 0.25) is 0 Å². The van der Waals surface area contributed by atoms with Gasteiger partial charge in [-0.3, -0.25) is 14.4 Å². The molecule has 0 aromatic heterocycles. The van der Waals surface area contributed by atoms with Gasteiger partial charge in [0.15, 0.2) is 0 Å². The largest absolute Gasteiger partial charge is 0.465 e. The van der Waals surface area contributed by atoms with Crippen molar-refractivity contribution in [2.75, 3.05) is 38.8 Å². The van der Waals surface area contributed by atoms with Crippen LogP contribution in [-0.2, 0) is 28.6 Å². The van der Waals surface area contributed by atoms with Crippen molar-refractivity contribution in [1.82, 2.24) is 4.90 Å². The summed E-state index contributed by atoms with van der Waals surface area (Å²) in [6, 6.07) is 0. The molecule has 0 aliphatic rings. The van der Waals surface area contributed by atoms with E-state index in [1.165, 1.54) is 116 Å². The Bertz CT molecular complexity index is 908. The Balaban J connectivity index is 4.15. The van der Waals surface area contributed by atoms with Crippen molar-refractivity contribution in [3.05, 3.63) is 0 Å². The van der Waals surface area contributed by atoms with E-state index in [1.807, 2.05) is 11.8 Å². The normalized spacial score (nSPS) is 12.2. The summed E-state index contributed by atoms with van der Waals surface area (Å²) in [4.78, 5) is 40.3. The molecule has 350 valence electrons. The van der Waals surface area contributed by atoms with Crippen LogP contribution in [0, 0.1) is 5.92 Å². The van der Waals surface area contributed by atoms with Crippen molar-refractivity contribution in [2.24, 2.45) is 5.92 Å². The first kappa shape index (κ1) is 57.7. The third-order valence-corrected chi connectivity index (χ3v) is 12.8. The standard InChI is InChI=1S/C51H99NO6S/c1-7-11-15-27-35-47(36-28-16-12-8-2)57-49(53)39-31-23-19-21-25-33-43-56-51(55)46(41-42-52(5)6)45-59-44-34-26-22-20-24-32-40-50(54)58-48(37-29-17-13-9-3)38-30-18-14-10-4/h46-48H,7-45H2,1-6H3. The molecule has 0 N–H and O–H groups in total. The van der Waals surface area contributed by atoms with Gasteiger partial charge in [0.05, 0.1) is 12.5 Å². The zero-order valence-corrected chi connectivity index (χ0v) is 40.9. The van der Waals surface area contributed by atoms with Crippen LogP contribution in [0.3, 0.4) is 0 Å². The molecule has 0 saturated heterocycles. The molecule has 59 heavy (non-hydrogen) atoms. The summed E-state index contributed by atoms with van der Waals surface area (Å²) < 4.78 is 17.7. The Kier molecular flexibility index (Phi) is 43.8. The van der Waals surface area contributed by atoms with Crippen molar-refractivity contribution in [1.29, 1.82) is 0 Å². The van der Waals surface area contributed by atoms with E-state index in [0.29, 0.717) is 19.4 Å². The van der Waals surface area contributed by atoms with Gasteiger partial charge < -0.3 is 19.1 Å². The number of rotatable bonds is 46. The maximum absolute atomic E-state index is 13.0. The molecule has 0 saturated carbocycles. The highest BCUT2D eigenvalue weighted by atomic mass is 32.2. The Morgan fingerprint density at radius 2 is 0.831 bits per heavy atom. The number of nitrogens with zero attached hydrogens (tertiary/aromatic N) is 1. The Morgan fingerprint density at radius 3 is 1.24 bits per heavy atom. The summed E-state index contributed by atoms with van der Waals surface area (Å²) in [7, 11) is 4.12. The summed E-state index contributed by atoms with van der Waals surface area (Å²) in [6.45, 7) is 10.3. The van der Waals surface area contributed by atoms with Gasteiger partial charge in [-0.1, -0.05) is 156 Å². The summed E-state index contributed by atoms with van der Waals surface area (Å²) in [5.74, 6) is 1.81. The minimum atomic E-state index is -0.0542. The minimum Gasteiger partial charge on any atom is -0.465 e. The molecule has 0 aliphatic carbocycles. The first-order valence-electron chi connectivity index (χ1n) is 25.5. The van der Waals surface area contributed by atoms with Gasteiger partial charge in [0.25, 0.3) is 0 Å².